The molecule has 0 spiro atoms. The fraction of sp³-hybridized carbons (Fsp3) is 0.438. The maximum absolute atomic E-state index is 6.03. The van der Waals surface area contributed by atoms with Crippen LogP contribution in [0.4, 0.5) is 0 Å². The summed E-state index contributed by atoms with van der Waals surface area (Å²) in [5, 5.41) is 8.61. The van der Waals surface area contributed by atoms with Gasteiger partial charge in [-0.25, -0.2) is 0 Å². The van der Waals surface area contributed by atoms with Crippen LogP contribution in [0.5, 0.6) is 5.75 Å². The molecular formula is C16H22ClN3O. The summed E-state index contributed by atoms with van der Waals surface area (Å²) in [7, 11) is 3.60. The summed E-state index contributed by atoms with van der Waals surface area (Å²) in [5.74, 6) is 0.796. The zero-order valence-corrected chi connectivity index (χ0v) is 13.7. The van der Waals surface area contributed by atoms with Crippen molar-refractivity contribution in [1.82, 2.24) is 15.1 Å². The molecule has 0 saturated carbocycles. The quantitative estimate of drug-likeness (QED) is 0.886. The molecule has 0 amide bonds. The predicted octanol–water partition coefficient (Wildman–Crippen LogP) is 3.63. The van der Waals surface area contributed by atoms with Crippen molar-refractivity contribution in [3.8, 4) is 5.75 Å². The fourth-order valence-corrected chi connectivity index (χ4v) is 2.49. The van der Waals surface area contributed by atoms with E-state index in [1.165, 1.54) is 0 Å². The van der Waals surface area contributed by atoms with Crippen molar-refractivity contribution in [2.24, 2.45) is 0 Å². The minimum absolute atomic E-state index is 0.132. The molecule has 2 rings (SSSR count). The Morgan fingerprint density at radius 1 is 1.33 bits per heavy atom. The summed E-state index contributed by atoms with van der Waals surface area (Å²) in [4.78, 5) is 0. The molecule has 0 fully saturated rings. The van der Waals surface area contributed by atoms with Gasteiger partial charge in [-0.15, -0.1) is 0 Å². The molecular weight excluding hydrogens is 286 g/mol. The van der Waals surface area contributed by atoms with Gasteiger partial charge in [0.2, 0.25) is 0 Å². The van der Waals surface area contributed by atoms with Crippen molar-refractivity contribution >= 4 is 11.6 Å². The molecule has 5 heteroatoms. The van der Waals surface area contributed by atoms with E-state index >= 15 is 0 Å². The molecule has 1 aromatic heterocycles. The van der Waals surface area contributed by atoms with Crippen molar-refractivity contribution in [3.63, 3.8) is 0 Å². The van der Waals surface area contributed by atoms with E-state index in [0.29, 0.717) is 11.1 Å². The molecule has 1 N–H and O–H groups in total. The van der Waals surface area contributed by atoms with Crippen LogP contribution in [0.15, 0.2) is 30.5 Å². The van der Waals surface area contributed by atoms with Crippen molar-refractivity contribution < 1.29 is 4.74 Å². The van der Waals surface area contributed by atoms with Gasteiger partial charge in [0.25, 0.3) is 0 Å². The molecule has 0 aliphatic rings. The molecule has 4 nitrogen and oxygen atoms in total. The van der Waals surface area contributed by atoms with Crippen LogP contribution in [0.2, 0.25) is 5.02 Å². The molecule has 1 unspecified atom stereocenters. The van der Waals surface area contributed by atoms with Crippen molar-refractivity contribution in [3.05, 3.63) is 46.7 Å². The Morgan fingerprint density at radius 2 is 2.10 bits per heavy atom. The van der Waals surface area contributed by atoms with Gasteiger partial charge in [-0.3, -0.25) is 4.68 Å². The number of rotatable bonds is 6. The molecule has 1 aromatic carbocycles. The lowest BCUT2D eigenvalue weighted by molar-refractivity contribution is 0.400. The minimum Gasteiger partial charge on any atom is -0.496 e. The second-order valence-electron chi connectivity index (χ2n) is 5.31. The molecule has 0 aliphatic carbocycles. The van der Waals surface area contributed by atoms with E-state index in [2.05, 4.69) is 30.3 Å². The van der Waals surface area contributed by atoms with Crippen LogP contribution in [0, 0.1) is 0 Å². The van der Waals surface area contributed by atoms with E-state index in [0.717, 1.165) is 23.4 Å². The summed E-state index contributed by atoms with van der Waals surface area (Å²) in [6, 6.07) is 8.29. The van der Waals surface area contributed by atoms with Crippen LogP contribution >= 0.6 is 11.6 Å². The molecule has 1 heterocycles. The topological polar surface area (TPSA) is 39.1 Å². The van der Waals surface area contributed by atoms with Crippen LogP contribution in [0.1, 0.15) is 37.2 Å². The Bertz CT molecular complexity index is 595. The Morgan fingerprint density at radius 3 is 2.67 bits per heavy atom. The molecule has 0 bridgehead atoms. The molecule has 2 aromatic rings. The largest absolute Gasteiger partial charge is 0.496 e. The van der Waals surface area contributed by atoms with E-state index in [9.17, 15) is 0 Å². The van der Waals surface area contributed by atoms with Crippen LogP contribution in [0.25, 0.3) is 0 Å². The Balaban J connectivity index is 2.23. The van der Waals surface area contributed by atoms with E-state index in [4.69, 9.17) is 16.3 Å². The van der Waals surface area contributed by atoms with Crippen LogP contribution < -0.4 is 10.1 Å². The van der Waals surface area contributed by atoms with Crippen LogP contribution in [-0.2, 0) is 6.42 Å². The highest BCUT2D eigenvalue weighted by Crippen LogP contribution is 2.30. The number of benzene rings is 1. The van der Waals surface area contributed by atoms with Gasteiger partial charge < -0.3 is 10.1 Å². The maximum atomic E-state index is 6.03. The van der Waals surface area contributed by atoms with E-state index in [1.807, 2.05) is 36.1 Å². The molecule has 21 heavy (non-hydrogen) atoms. The number of likely N-dealkylation sites (N-methyl/N-ethyl adjacent to an activating group) is 1. The number of ether oxygens (including phenoxy) is 1. The van der Waals surface area contributed by atoms with Gasteiger partial charge in [-0.1, -0.05) is 17.7 Å². The van der Waals surface area contributed by atoms with Crippen molar-refractivity contribution in [2.45, 2.75) is 32.4 Å². The van der Waals surface area contributed by atoms with Gasteiger partial charge in [0.15, 0.2) is 0 Å². The molecule has 1 atom stereocenters. The van der Waals surface area contributed by atoms with Crippen LogP contribution in [-0.4, -0.2) is 23.9 Å². The maximum Gasteiger partial charge on any atom is 0.125 e. The summed E-state index contributed by atoms with van der Waals surface area (Å²) in [6.45, 7) is 4.24. The molecule has 0 saturated heterocycles. The Labute approximate surface area is 131 Å². The van der Waals surface area contributed by atoms with E-state index in [-0.39, 0.29) is 6.04 Å². The highest BCUT2D eigenvalue weighted by Gasteiger charge is 2.17. The average molecular weight is 308 g/mol. The third-order valence-electron chi connectivity index (χ3n) is 3.53. The summed E-state index contributed by atoms with van der Waals surface area (Å²) >= 11 is 6.03. The van der Waals surface area contributed by atoms with Gasteiger partial charge in [0.05, 0.1) is 12.8 Å². The lowest BCUT2D eigenvalue weighted by atomic mass is 10.0. The number of nitrogens with zero attached hydrogens (tertiary/aromatic N) is 2. The minimum atomic E-state index is 0.132. The van der Waals surface area contributed by atoms with E-state index in [1.54, 1.807) is 7.11 Å². The first-order valence-corrected chi connectivity index (χ1v) is 7.47. The predicted molar refractivity (Wildman–Crippen MR) is 86.1 cm³/mol. The first-order chi connectivity index (χ1) is 10.0. The zero-order valence-electron chi connectivity index (χ0n) is 12.9. The standard InChI is InChI=1S/C16H22ClN3O/c1-11(2)20-8-7-13(19-20)10-15(18-3)14-6-5-12(17)9-16(14)21-4/h5-9,11,15,18H,10H2,1-4H3. The number of hydrogen-bond donors (Lipinski definition) is 1. The zero-order chi connectivity index (χ0) is 15.4. The fourth-order valence-electron chi connectivity index (χ4n) is 2.32. The first-order valence-electron chi connectivity index (χ1n) is 7.10. The van der Waals surface area contributed by atoms with Gasteiger partial charge >= 0.3 is 0 Å². The smallest absolute Gasteiger partial charge is 0.125 e. The Hall–Kier alpha value is -1.52. The average Bonchev–Trinajstić information content (AvgIpc) is 2.93. The van der Waals surface area contributed by atoms with Gasteiger partial charge in [-0.05, 0) is 39.1 Å². The lowest BCUT2D eigenvalue weighted by Gasteiger charge is -2.19. The first kappa shape index (κ1) is 15.9. The highest BCUT2D eigenvalue weighted by atomic mass is 35.5. The van der Waals surface area contributed by atoms with Crippen molar-refractivity contribution in [2.75, 3.05) is 14.2 Å². The van der Waals surface area contributed by atoms with Gasteiger partial charge in [-0.2, -0.15) is 5.10 Å². The third-order valence-corrected chi connectivity index (χ3v) is 3.76. The SMILES string of the molecule is CNC(Cc1ccn(C(C)C)n1)c1ccc(Cl)cc1OC. The number of nitrogens with one attached hydrogen (secondary N) is 1. The van der Waals surface area contributed by atoms with Gasteiger partial charge in [0, 0.05) is 35.3 Å². The molecule has 114 valence electrons. The summed E-state index contributed by atoms with van der Waals surface area (Å²) < 4.78 is 7.41. The number of aromatic nitrogens is 2. The number of methoxy groups -OCH3 is 1. The monoisotopic (exact) mass is 307 g/mol. The van der Waals surface area contributed by atoms with Gasteiger partial charge in [0.1, 0.15) is 5.75 Å². The third kappa shape index (κ3) is 3.77. The Kier molecular flexibility index (Phi) is 5.26. The molecule has 0 radical (unpaired) electrons. The van der Waals surface area contributed by atoms with E-state index < -0.39 is 0 Å². The lowest BCUT2D eigenvalue weighted by Crippen LogP contribution is -2.20. The molecule has 0 aliphatic heterocycles. The van der Waals surface area contributed by atoms with Crippen LogP contribution in [0.3, 0.4) is 0 Å². The summed E-state index contributed by atoms with van der Waals surface area (Å²) in [6.07, 6.45) is 2.82. The second-order valence-corrected chi connectivity index (χ2v) is 5.75. The van der Waals surface area contributed by atoms with Crippen molar-refractivity contribution in [1.29, 1.82) is 0 Å². The highest BCUT2D eigenvalue weighted by molar-refractivity contribution is 6.30. The summed E-state index contributed by atoms with van der Waals surface area (Å²) in [5.41, 5.74) is 2.14. The second kappa shape index (κ2) is 6.96. The number of halogens is 1. The normalized spacial score (nSPS) is 12.7. The number of hydrogen-bond acceptors (Lipinski definition) is 3.